The van der Waals surface area contributed by atoms with Crippen molar-refractivity contribution in [2.24, 2.45) is 0 Å². The molecule has 1 aromatic carbocycles. The summed E-state index contributed by atoms with van der Waals surface area (Å²) in [6.07, 6.45) is 0.728. The smallest absolute Gasteiger partial charge is 0.275 e. The number of para-hydroxylation sites is 1. The minimum Gasteiger partial charge on any atom is -0.459 e. The van der Waals surface area contributed by atoms with E-state index in [0.29, 0.717) is 16.6 Å². The number of anilines is 1. The lowest BCUT2D eigenvalue weighted by molar-refractivity contribution is 0.559. The minimum absolute atomic E-state index is 0.153. The van der Waals surface area contributed by atoms with Gasteiger partial charge in [0, 0.05) is 17.1 Å². The number of aryl methyl sites for hydroxylation is 1. The number of aromatic nitrogens is 3. The first-order valence-corrected chi connectivity index (χ1v) is 8.15. The second-order valence-corrected chi connectivity index (χ2v) is 6.10. The van der Waals surface area contributed by atoms with E-state index in [1.54, 1.807) is 0 Å². The molecule has 116 valence electrons. The Bertz CT molecular complexity index is 1010. The first-order chi connectivity index (χ1) is 11.2. The van der Waals surface area contributed by atoms with Crippen molar-refractivity contribution in [3.63, 3.8) is 0 Å². The number of benzene rings is 1. The molecule has 0 radical (unpaired) electrons. The van der Waals surface area contributed by atoms with Crippen molar-refractivity contribution >= 4 is 32.4 Å². The van der Waals surface area contributed by atoms with Gasteiger partial charge in [-0.15, -0.1) is 5.10 Å². The van der Waals surface area contributed by atoms with Crippen molar-refractivity contribution in [1.29, 1.82) is 0 Å². The van der Waals surface area contributed by atoms with Crippen molar-refractivity contribution < 1.29 is 4.42 Å². The van der Waals surface area contributed by atoms with Gasteiger partial charge in [0.2, 0.25) is 10.1 Å². The van der Waals surface area contributed by atoms with Crippen LogP contribution in [0.15, 0.2) is 45.6 Å². The van der Waals surface area contributed by atoms with Crippen LogP contribution in [-0.2, 0) is 13.0 Å². The van der Waals surface area contributed by atoms with Gasteiger partial charge in [-0.1, -0.05) is 36.5 Å². The third-order valence-electron chi connectivity index (χ3n) is 3.55. The van der Waals surface area contributed by atoms with Crippen LogP contribution in [0.25, 0.3) is 15.9 Å². The molecule has 3 aromatic heterocycles. The van der Waals surface area contributed by atoms with Gasteiger partial charge < -0.3 is 9.73 Å². The molecule has 0 unspecified atom stereocenters. The van der Waals surface area contributed by atoms with E-state index in [-0.39, 0.29) is 5.56 Å². The number of hydrogen-bond donors (Lipinski definition) is 1. The molecule has 0 saturated carbocycles. The quantitative estimate of drug-likeness (QED) is 0.624. The van der Waals surface area contributed by atoms with E-state index in [4.69, 9.17) is 4.42 Å². The number of rotatable bonds is 4. The fourth-order valence-electron chi connectivity index (χ4n) is 2.40. The summed E-state index contributed by atoms with van der Waals surface area (Å²) in [6, 6.07) is 11.4. The zero-order valence-electron chi connectivity index (χ0n) is 12.4. The van der Waals surface area contributed by atoms with E-state index in [2.05, 4.69) is 15.4 Å². The van der Waals surface area contributed by atoms with Gasteiger partial charge in [-0.25, -0.2) is 4.98 Å². The van der Waals surface area contributed by atoms with Crippen LogP contribution in [-0.4, -0.2) is 14.6 Å². The highest BCUT2D eigenvalue weighted by molar-refractivity contribution is 7.20. The van der Waals surface area contributed by atoms with Crippen molar-refractivity contribution in [3.8, 4) is 0 Å². The second-order valence-electron chi connectivity index (χ2n) is 5.14. The molecule has 0 spiro atoms. The molecule has 0 aliphatic heterocycles. The summed E-state index contributed by atoms with van der Waals surface area (Å²) in [4.78, 5) is 17.0. The molecular formula is C16H14N4O2S. The van der Waals surface area contributed by atoms with E-state index < -0.39 is 0 Å². The summed E-state index contributed by atoms with van der Waals surface area (Å²) in [7, 11) is 0. The monoisotopic (exact) mass is 326 g/mol. The summed E-state index contributed by atoms with van der Waals surface area (Å²) in [5.74, 6) is 0.819. The molecule has 4 aromatic rings. The molecule has 0 atom stereocenters. The Labute approximate surface area is 135 Å². The Hall–Kier alpha value is -2.67. The third-order valence-corrected chi connectivity index (χ3v) is 4.42. The molecule has 0 saturated heterocycles. The first-order valence-electron chi connectivity index (χ1n) is 7.34. The number of fused-ring (bicyclic) bond motifs is 2. The Kier molecular flexibility index (Phi) is 3.34. The van der Waals surface area contributed by atoms with E-state index in [1.807, 2.05) is 37.3 Å². The highest BCUT2D eigenvalue weighted by Crippen LogP contribution is 2.21. The van der Waals surface area contributed by atoms with Crippen molar-refractivity contribution in [2.45, 2.75) is 19.9 Å². The zero-order chi connectivity index (χ0) is 15.8. The Morgan fingerprint density at radius 1 is 1.30 bits per heavy atom. The van der Waals surface area contributed by atoms with Crippen LogP contribution < -0.4 is 10.9 Å². The van der Waals surface area contributed by atoms with Gasteiger partial charge in [0.15, 0.2) is 0 Å². The number of hydrogen-bond acceptors (Lipinski definition) is 6. The van der Waals surface area contributed by atoms with Crippen molar-refractivity contribution in [1.82, 2.24) is 14.6 Å². The SMILES string of the molecule is CCc1cc(=O)n2nc(NCc3cc4ccccc4o3)sc2n1. The maximum atomic E-state index is 12.0. The van der Waals surface area contributed by atoms with E-state index in [1.165, 1.54) is 21.9 Å². The van der Waals surface area contributed by atoms with Gasteiger partial charge in [0.25, 0.3) is 5.56 Å². The molecule has 6 nitrogen and oxygen atoms in total. The van der Waals surface area contributed by atoms with Gasteiger partial charge in [-0.2, -0.15) is 4.52 Å². The fraction of sp³-hybridized carbons (Fsp3) is 0.188. The molecule has 3 heterocycles. The van der Waals surface area contributed by atoms with Crippen molar-refractivity contribution in [3.05, 3.63) is 58.2 Å². The summed E-state index contributed by atoms with van der Waals surface area (Å²) >= 11 is 1.36. The van der Waals surface area contributed by atoms with E-state index in [0.717, 1.165) is 28.8 Å². The molecular weight excluding hydrogens is 312 g/mol. The minimum atomic E-state index is -0.153. The lowest BCUT2D eigenvalue weighted by Crippen LogP contribution is -2.15. The predicted octanol–water partition coefficient (Wildman–Crippen LogP) is 3.07. The molecule has 4 rings (SSSR count). The zero-order valence-corrected chi connectivity index (χ0v) is 13.3. The van der Waals surface area contributed by atoms with Crippen molar-refractivity contribution in [2.75, 3.05) is 5.32 Å². The van der Waals surface area contributed by atoms with Crippen LogP contribution in [0, 0.1) is 0 Å². The molecule has 7 heteroatoms. The van der Waals surface area contributed by atoms with Gasteiger partial charge in [0.05, 0.1) is 6.54 Å². The predicted molar refractivity (Wildman–Crippen MR) is 90.1 cm³/mol. The molecule has 0 fully saturated rings. The Morgan fingerprint density at radius 3 is 3.00 bits per heavy atom. The normalized spacial score (nSPS) is 11.3. The summed E-state index contributed by atoms with van der Waals surface area (Å²) in [6.45, 7) is 2.48. The first kappa shape index (κ1) is 14.0. The van der Waals surface area contributed by atoms with Crippen LogP contribution in [0.3, 0.4) is 0 Å². The average molecular weight is 326 g/mol. The van der Waals surface area contributed by atoms with Crippen LogP contribution in [0.5, 0.6) is 0 Å². The third kappa shape index (κ3) is 2.59. The molecule has 0 aliphatic carbocycles. The number of nitrogens with one attached hydrogen (secondary N) is 1. The highest BCUT2D eigenvalue weighted by atomic mass is 32.1. The van der Waals surface area contributed by atoms with Gasteiger partial charge >= 0.3 is 0 Å². The average Bonchev–Trinajstić information content (AvgIpc) is 3.16. The Morgan fingerprint density at radius 2 is 2.17 bits per heavy atom. The number of nitrogens with zero attached hydrogens (tertiary/aromatic N) is 3. The van der Waals surface area contributed by atoms with Crippen LogP contribution >= 0.6 is 11.3 Å². The highest BCUT2D eigenvalue weighted by Gasteiger charge is 2.09. The molecule has 23 heavy (non-hydrogen) atoms. The van der Waals surface area contributed by atoms with Crippen LogP contribution in [0.2, 0.25) is 0 Å². The lowest BCUT2D eigenvalue weighted by Gasteiger charge is -1.96. The molecule has 0 amide bonds. The Balaban J connectivity index is 1.60. The molecule has 1 N–H and O–H groups in total. The lowest BCUT2D eigenvalue weighted by atomic mass is 10.2. The van der Waals surface area contributed by atoms with E-state index in [9.17, 15) is 4.79 Å². The maximum Gasteiger partial charge on any atom is 0.275 e. The largest absolute Gasteiger partial charge is 0.459 e. The summed E-state index contributed by atoms with van der Waals surface area (Å²) in [5.41, 5.74) is 1.49. The van der Waals surface area contributed by atoms with Crippen LogP contribution in [0.4, 0.5) is 5.13 Å². The van der Waals surface area contributed by atoms with Gasteiger partial charge in [-0.3, -0.25) is 4.79 Å². The fourth-order valence-corrected chi connectivity index (χ4v) is 3.22. The summed E-state index contributed by atoms with van der Waals surface area (Å²) in [5, 5.41) is 9.16. The maximum absolute atomic E-state index is 12.0. The van der Waals surface area contributed by atoms with E-state index >= 15 is 0 Å². The second kappa shape index (κ2) is 5.51. The topological polar surface area (TPSA) is 72.4 Å². The molecule has 0 aliphatic rings. The van der Waals surface area contributed by atoms with Gasteiger partial charge in [-0.05, 0) is 18.6 Å². The summed E-state index contributed by atoms with van der Waals surface area (Å²) < 4.78 is 7.08. The molecule has 0 bridgehead atoms. The standard InChI is InChI=1S/C16H14N4O2S/c1-2-11-8-14(21)20-16(18-11)23-15(19-20)17-9-12-7-10-5-3-4-6-13(10)22-12/h3-8H,2,9H2,1H3,(H,17,19). The number of furan rings is 1. The van der Waals surface area contributed by atoms with Gasteiger partial charge in [0.1, 0.15) is 11.3 Å². The van der Waals surface area contributed by atoms with Crippen LogP contribution in [0.1, 0.15) is 18.4 Å².